The fraction of sp³-hybridized carbons (Fsp3) is 0.947. The molecule has 0 rings (SSSR count). The van der Waals surface area contributed by atoms with E-state index < -0.39 is 97.5 Å². The van der Waals surface area contributed by atoms with E-state index in [1.807, 2.05) is 0 Å². The number of hydrogen-bond acceptors (Lipinski definition) is 15. The Hall–Kier alpha value is -1.94. The molecule has 0 saturated carbocycles. The van der Waals surface area contributed by atoms with Crippen LogP contribution in [0.2, 0.25) is 0 Å². The first-order valence-corrected chi connectivity index (χ1v) is 42.3. The number of phosphoric acid groups is 2. The van der Waals surface area contributed by atoms with E-state index in [4.69, 9.17) is 37.0 Å². The van der Waals surface area contributed by atoms with Crippen LogP contribution in [0.1, 0.15) is 389 Å². The highest BCUT2D eigenvalue weighted by molar-refractivity contribution is 7.47. The Morgan fingerprint density at radius 1 is 0.284 bits per heavy atom. The van der Waals surface area contributed by atoms with Crippen LogP contribution in [-0.2, 0) is 65.4 Å². The number of aliphatic hydroxyl groups is 1. The Morgan fingerprint density at radius 3 is 0.716 bits per heavy atom. The van der Waals surface area contributed by atoms with Crippen LogP contribution in [0.15, 0.2) is 0 Å². The van der Waals surface area contributed by atoms with Crippen LogP contribution >= 0.6 is 15.6 Å². The second-order valence-corrected chi connectivity index (χ2v) is 31.7. The summed E-state index contributed by atoms with van der Waals surface area (Å²) in [6.07, 6.45) is 52.9. The van der Waals surface area contributed by atoms with Crippen LogP contribution in [-0.4, -0.2) is 96.7 Å². The Bertz CT molecular complexity index is 1850. The minimum Gasteiger partial charge on any atom is -0.462 e. The minimum atomic E-state index is -4.96. The smallest absolute Gasteiger partial charge is 0.462 e. The summed E-state index contributed by atoms with van der Waals surface area (Å²) in [5.74, 6) is 0.0942. The molecule has 19 heteroatoms. The van der Waals surface area contributed by atoms with Crippen molar-refractivity contribution in [1.82, 2.24) is 0 Å². The molecule has 0 aliphatic carbocycles. The highest BCUT2D eigenvalue weighted by Crippen LogP contribution is 2.45. The lowest BCUT2D eigenvalue weighted by molar-refractivity contribution is -0.161. The van der Waals surface area contributed by atoms with Gasteiger partial charge in [-0.3, -0.25) is 37.3 Å². The van der Waals surface area contributed by atoms with E-state index in [2.05, 4.69) is 48.5 Å². The van der Waals surface area contributed by atoms with Gasteiger partial charge in [0.25, 0.3) is 0 Å². The zero-order valence-corrected chi connectivity index (χ0v) is 63.9. The maximum absolute atomic E-state index is 13.1. The van der Waals surface area contributed by atoms with Crippen LogP contribution in [0.4, 0.5) is 0 Å². The van der Waals surface area contributed by atoms with Crippen molar-refractivity contribution in [3.8, 4) is 0 Å². The minimum absolute atomic E-state index is 0.104. The molecule has 0 aliphatic heterocycles. The van der Waals surface area contributed by atoms with Crippen molar-refractivity contribution in [3.63, 3.8) is 0 Å². The summed E-state index contributed by atoms with van der Waals surface area (Å²) in [5, 5.41) is 10.6. The quantitative estimate of drug-likeness (QED) is 0.0222. The topological polar surface area (TPSA) is 237 Å². The molecule has 0 aliphatic rings. The summed E-state index contributed by atoms with van der Waals surface area (Å²) in [6, 6.07) is 0. The Morgan fingerprint density at radius 2 is 0.484 bits per heavy atom. The molecule has 564 valence electrons. The molecule has 0 heterocycles. The van der Waals surface area contributed by atoms with Crippen LogP contribution in [0, 0.1) is 17.8 Å². The van der Waals surface area contributed by atoms with Crippen LogP contribution in [0.5, 0.6) is 0 Å². The number of phosphoric ester groups is 2. The van der Waals surface area contributed by atoms with Gasteiger partial charge >= 0.3 is 39.5 Å². The van der Waals surface area contributed by atoms with Gasteiger partial charge in [0.1, 0.15) is 19.3 Å². The molecular weight excluding hydrogens is 1250 g/mol. The molecule has 3 N–H and O–H groups in total. The Kier molecular flexibility index (Phi) is 65.2. The van der Waals surface area contributed by atoms with Gasteiger partial charge in [-0.05, 0) is 43.4 Å². The highest BCUT2D eigenvalue weighted by atomic mass is 31.2. The Labute approximate surface area is 581 Å². The molecule has 0 spiro atoms. The van der Waals surface area contributed by atoms with E-state index in [1.54, 1.807) is 0 Å². The monoisotopic (exact) mass is 1400 g/mol. The van der Waals surface area contributed by atoms with Crippen molar-refractivity contribution in [2.75, 3.05) is 39.6 Å². The fourth-order valence-electron chi connectivity index (χ4n) is 11.6. The lowest BCUT2D eigenvalue weighted by atomic mass is 10.0. The number of rotatable bonds is 74. The number of aliphatic hydroxyl groups excluding tert-OH is 1. The molecule has 5 atom stereocenters. The van der Waals surface area contributed by atoms with Gasteiger partial charge in [0.05, 0.1) is 26.4 Å². The van der Waals surface area contributed by atoms with Gasteiger partial charge in [-0.15, -0.1) is 0 Å². The van der Waals surface area contributed by atoms with Crippen molar-refractivity contribution in [2.45, 2.75) is 407 Å². The van der Waals surface area contributed by atoms with Gasteiger partial charge in [0, 0.05) is 25.7 Å². The number of esters is 4. The second kappa shape index (κ2) is 66.6. The second-order valence-electron chi connectivity index (χ2n) is 28.8. The fourth-order valence-corrected chi connectivity index (χ4v) is 13.2. The molecule has 0 fully saturated rings. The van der Waals surface area contributed by atoms with Gasteiger partial charge in [0.2, 0.25) is 0 Å². The molecule has 0 amide bonds. The molecular formula is C76H148O17P2. The van der Waals surface area contributed by atoms with Gasteiger partial charge in [-0.1, -0.05) is 337 Å². The number of unbranched alkanes of at least 4 members (excludes halogenated alkanes) is 42. The van der Waals surface area contributed by atoms with Gasteiger partial charge in [0.15, 0.2) is 12.2 Å². The first-order chi connectivity index (χ1) is 45.7. The summed E-state index contributed by atoms with van der Waals surface area (Å²) in [4.78, 5) is 72.8. The maximum Gasteiger partial charge on any atom is 0.472 e. The average molecular weight is 1400 g/mol. The molecule has 0 bridgehead atoms. The molecule has 0 saturated heterocycles. The van der Waals surface area contributed by atoms with E-state index in [1.165, 1.54) is 193 Å². The van der Waals surface area contributed by atoms with Crippen LogP contribution in [0.3, 0.4) is 0 Å². The molecule has 95 heavy (non-hydrogen) atoms. The SMILES string of the molecule is CCCCCCCCCCCCCCCCCCCCC(=O)O[C@H](COC(=O)CCCCCCCCCCCCCCCC(C)C)COP(=O)(O)OC[C@@H](O)COP(=O)(O)OC[C@@H](COC(=O)CCCCCCCCCC(C)C)OC(=O)CCCCCCCCCCC(C)C. The maximum atomic E-state index is 13.1. The third-order valence-electron chi connectivity index (χ3n) is 17.6. The summed E-state index contributed by atoms with van der Waals surface area (Å²) < 4.78 is 68.5. The zero-order chi connectivity index (χ0) is 70.1. The van der Waals surface area contributed by atoms with Crippen molar-refractivity contribution in [2.24, 2.45) is 17.8 Å². The lowest BCUT2D eigenvalue weighted by Crippen LogP contribution is -2.30. The average Bonchev–Trinajstić information content (AvgIpc) is 1.30. The van der Waals surface area contributed by atoms with Gasteiger partial charge in [-0.25, -0.2) is 9.13 Å². The third kappa shape index (κ3) is 70.3. The molecule has 0 aromatic carbocycles. The number of hydrogen-bond donors (Lipinski definition) is 3. The number of carbonyl (C=O) groups is 4. The summed E-state index contributed by atoms with van der Waals surface area (Å²) >= 11 is 0. The normalized spacial score (nSPS) is 14.1. The summed E-state index contributed by atoms with van der Waals surface area (Å²) in [7, 11) is -9.91. The highest BCUT2D eigenvalue weighted by Gasteiger charge is 2.30. The summed E-state index contributed by atoms with van der Waals surface area (Å²) in [6.45, 7) is 11.8. The molecule has 0 radical (unpaired) electrons. The standard InChI is InChI=1S/C76H148O17P2/c1-8-9-10-11-12-13-14-15-16-17-18-19-22-26-29-37-45-52-59-75(80)92-71(63-86-73(78)57-50-43-36-28-25-23-20-21-24-27-33-40-47-54-67(2)3)65-90-94(82,83)88-61-70(77)62-89-95(84,85)91-66-72(64-87-74(79)58-51-44-39-32-35-42-49-56-69(6)7)93-76(81)60-53-46-38-31-30-34-41-48-55-68(4)5/h67-72,77H,8-66H2,1-7H3,(H,82,83)(H,84,85)/t70-,71-,72-/m1/s1. The molecule has 17 nitrogen and oxygen atoms in total. The predicted octanol–water partition coefficient (Wildman–Crippen LogP) is 22.2. The zero-order valence-electron chi connectivity index (χ0n) is 62.1. The number of carbonyl (C=O) groups excluding carboxylic acids is 4. The molecule has 0 aromatic heterocycles. The Balaban J connectivity index is 5.23. The first kappa shape index (κ1) is 93.1. The predicted molar refractivity (Wildman–Crippen MR) is 386 cm³/mol. The lowest BCUT2D eigenvalue weighted by Gasteiger charge is -2.21. The van der Waals surface area contributed by atoms with Gasteiger partial charge < -0.3 is 33.8 Å². The first-order valence-electron chi connectivity index (χ1n) is 39.3. The van der Waals surface area contributed by atoms with E-state index in [0.717, 1.165) is 108 Å². The van der Waals surface area contributed by atoms with Crippen molar-refractivity contribution in [1.29, 1.82) is 0 Å². The van der Waals surface area contributed by atoms with Crippen LogP contribution < -0.4 is 0 Å². The van der Waals surface area contributed by atoms with Crippen molar-refractivity contribution in [3.05, 3.63) is 0 Å². The largest absolute Gasteiger partial charge is 0.472 e. The van der Waals surface area contributed by atoms with E-state index in [0.29, 0.717) is 31.6 Å². The van der Waals surface area contributed by atoms with Crippen molar-refractivity contribution < 1.29 is 80.2 Å². The van der Waals surface area contributed by atoms with E-state index in [9.17, 15) is 43.2 Å². The van der Waals surface area contributed by atoms with E-state index in [-0.39, 0.29) is 25.7 Å². The summed E-state index contributed by atoms with van der Waals surface area (Å²) in [5.41, 5.74) is 0. The molecule has 2 unspecified atom stereocenters. The van der Waals surface area contributed by atoms with Crippen molar-refractivity contribution >= 4 is 39.5 Å². The third-order valence-corrected chi connectivity index (χ3v) is 19.5. The number of ether oxygens (including phenoxy) is 4. The molecule has 0 aromatic rings. The van der Waals surface area contributed by atoms with E-state index >= 15 is 0 Å². The van der Waals surface area contributed by atoms with Crippen LogP contribution in [0.25, 0.3) is 0 Å². The van der Waals surface area contributed by atoms with Gasteiger partial charge in [-0.2, -0.15) is 0 Å².